The number of esters is 1. The third kappa shape index (κ3) is 4.36. The Bertz CT molecular complexity index is 402. The van der Waals surface area contributed by atoms with Gasteiger partial charge < -0.3 is 4.74 Å². The zero-order valence-corrected chi connectivity index (χ0v) is 11.5. The van der Waals surface area contributed by atoms with Gasteiger partial charge in [-0.05, 0) is 36.0 Å². The number of hydrogen-bond donors (Lipinski definition) is 0. The maximum atomic E-state index is 11.3. The molecular formula is C16H22O2. The molecule has 1 aromatic carbocycles. The average Bonchev–Trinajstić information content (AvgIpc) is 2.42. The Kier molecular flexibility index (Phi) is 6.20. The average molecular weight is 246 g/mol. The standard InChI is InChI=1S/C16H22O2/c1-4-6-7-13-8-10-15(11-9-13)14(5-2)12-16(17)18-3/h8-12H,4-7H2,1-3H3. The zero-order chi connectivity index (χ0) is 13.4. The van der Waals surface area contributed by atoms with Gasteiger partial charge in [0.1, 0.15) is 0 Å². The second-order valence-electron chi connectivity index (χ2n) is 4.35. The van der Waals surface area contributed by atoms with E-state index in [4.69, 9.17) is 0 Å². The summed E-state index contributed by atoms with van der Waals surface area (Å²) in [6, 6.07) is 8.46. The van der Waals surface area contributed by atoms with Crippen LogP contribution in [0.3, 0.4) is 0 Å². The number of allylic oxidation sites excluding steroid dienone is 1. The van der Waals surface area contributed by atoms with Gasteiger partial charge in [0.15, 0.2) is 0 Å². The molecule has 0 fully saturated rings. The summed E-state index contributed by atoms with van der Waals surface area (Å²) >= 11 is 0. The van der Waals surface area contributed by atoms with Gasteiger partial charge in [-0.25, -0.2) is 4.79 Å². The topological polar surface area (TPSA) is 26.3 Å². The smallest absolute Gasteiger partial charge is 0.330 e. The lowest BCUT2D eigenvalue weighted by molar-refractivity contribution is -0.134. The van der Waals surface area contributed by atoms with E-state index >= 15 is 0 Å². The van der Waals surface area contributed by atoms with E-state index in [1.54, 1.807) is 6.08 Å². The summed E-state index contributed by atoms with van der Waals surface area (Å²) in [5.41, 5.74) is 3.47. The minimum Gasteiger partial charge on any atom is -0.466 e. The Hall–Kier alpha value is -1.57. The van der Waals surface area contributed by atoms with Gasteiger partial charge >= 0.3 is 5.97 Å². The number of rotatable bonds is 6. The van der Waals surface area contributed by atoms with E-state index in [1.165, 1.54) is 25.5 Å². The van der Waals surface area contributed by atoms with Crippen LogP contribution < -0.4 is 0 Å². The van der Waals surface area contributed by atoms with Crippen molar-refractivity contribution in [3.8, 4) is 0 Å². The molecule has 0 saturated carbocycles. The molecule has 1 rings (SSSR count). The van der Waals surface area contributed by atoms with Crippen LogP contribution in [0.5, 0.6) is 0 Å². The van der Waals surface area contributed by atoms with Crippen LogP contribution in [0, 0.1) is 0 Å². The van der Waals surface area contributed by atoms with Gasteiger partial charge in [0.25, 0.3) is 0 Å². The van der Waals surface area contributed by atoms with E-state index in [1.807, 2.05) is 6.92 Å². The van der Waals surface area contributed by atoms with Gasteiger partial charge in [-0.1, -0.05) is 44.5 Å². The highest BCUT2D eigenvalue weighted by molar-refractivity contribution is 5.91. The first-order valence-corrected chi connectivity index (χ1v) is 6.59. The maximum Gasteiger partial charge on any atom is 0.330 e. The predicted molar refractivity (Wildman–Crippen MR) is 75.3 cm³/mol. The highest BCUT2D eigenvalue weighted by atomic mass is 16.5. The summed E-state index contributed by atoms with van der Waals surface area (Å²) in [5, 5.41) is 0. The van der Waals surface area contributed by atoms with Crippen molar-refractivity contribution in [1.82, 2.24) is 0 Å². The molecule has 0 heterocycles. The number of unbranched alkanes of at least 4 members (excludes halogenated alkanes) is 1. The summed E-state index contributed by atoms with van der Waals surface area (Å²) < 4.78 is 4.67. The Morgan fingerprint density at radius 1 is 1.22 bits per heavy atom. The van der Waals surface area contributed by atoms with Gasteiger partial charge in [-0.15, -0.1) is 0 Å². The molecule has 0 spiro atoms. The van der Waals surface area contributed by atoms with Gasteiger partial charge in [-0.3, -0.25) is 0 Å². The second kappa shape index (κ2) is 7.70. The summed E-state index contributed by atoms with van der Waals surface area (Å²) in [7, 11) is 1.40. The lowest BCUT2D eigenvalue weighted by Gasteiger charge is -2.06. The third-order valence-electron chi connectivity index (χ3n) is 3.02. The molecule has 0 aromatic heterocycles. The lowest BCUT2D eigenvalue weighted by atomic mass is 10.00. The fraction of sp³-hybridized carbons (Fsp3) is 0.438. The van der Waals surface area contributed by atoms with Crippen molar-refractivity contribution in [3.63, 3.8) is 0 Å². The van der Waals surface area contributed by atoms with Crippen molar-refractivity contribution in [2.24, 2.45) is 0 Å². The van der Waals surface area contributed by atoms with Crippen molar-refractivity contribution < 1.29 is 9.53 Å². The second-order valence-corrected chi connectivity index (χ2v) is 4.35. The molecule has 0 aliphatic heterocycles. The van der Waals surface area contributed by atoms with Crippen LogP contribution in [0.2, 0.25) is 0 Å². The summed E-state index contributed by atoms with van der Waals surface area (Å²) in [6.45, 7) is 4.24. The molecule has 98 valence electrons. The van der Waals surface area contributed by atoms with Crippen LogP contribution in [-0.4, -0.2) is 13.1 Å². The van der Waals surface area contributed by atoms with Crippen LogP contribution in [0.15, 0.2) is 30.3 Å². The van der Waals surface area contributed by atoms with Crippen molar-refractivity contribution >= 4 is 11.5 Å². The molecule has 2 nitrogen and oxygen atoms in total. The fourth-order valence-corrected chi connectivity index (χ4v) is 1.86. The van der Waals surface area contributed by atoms with Crippen molar-refractivity contribution in [1.29, 1.82) is 0 Å². The molecular weight excluding hydrogens is 224 g/mol. The molecule has 0 radical (unpaired) electrons. The molecule has 0 saturated heterocycles. The number of methoxy groups -OCH3 is 1. The SMILES string of the molecule is CCCCc1ccc(C(=CC(=O)OC)CC)cc1. The number of benzene rings is 1. The van der Waals surface area contributed by atoms with Crippen molar-refractivity contribution in [2.45, 2.75) is 39.5 Å². The number of carbonyl (C=O) groups excluding carboxylic acids is 1. The van der Waals surface area contributed by atoms with Gasteiger partial charge in [0, 0.05) is 6.08 Å². The van der Waals surface area contributed by atoms with Gasteiger partial charge in [0.05, 0.1) is 7.11 Å². The van der Waals surface area contributed by atoms with E-state index in [-0.39, 0.29) is 5.97 Å². The van der Waals surface area contributed by atoms with Gasteiger partial charge in [-0.2, -0.15) is 0 Å². The Balaban J connectivity index is 2.82. The zero-order valence-electron chi connectivity index (χ0n) is 11.5. The number of carbonyl (C=O) groups is 1. The number of ether oxygens (including phenoxy) is 1. The number of hydrogen-bond acceptors (Lipinski definition) is 2. The highest BCUT2D eigenvalue weighted by Gasteiger charge is 2.03. The first kappa shape index (κ1) is 14.5. The molecule has 2 heteroatoms. The van der Waals surface area contributed by atoms with Crippen LogP contribution in [0.25, 0.3) is 5.57 Å². The van der Waals surface area contributed by atoms with E-state index in [9.17, 15) is 4.79 Å². The minimum absolute atomic E-state index is 0.290. The fourth-order valence-electron chi connectivity index (χ4n) is 1.86. The predicted octanol–water partition coefficient (Wildman–Crippen LogP) is 4.00. The van der Waals surface area contributed by atoms with Gasteiger partial charge in [0.2, 0.25) is 0 Å². The summed E-state index contributed by atoms with van der Waals surface area (Å²) in [6.07, 6.45) is 5.95. The molecule has 0 amide bonds. The molecule has 0 aliphatic rings. The van der Waals surface area contributed by atoms with E-state index < -0.39 is 0 Å². The molecule has 0 N–H and O–H groups in total. The molecule has 18 heavy (non-hydrogen) atoms. The van der Waals surface area contributed by atoms with Crippen molar-refractivity contribution in [2.75, 3.05) is 7.11 Å². The maximum absolute atomic E-state index is 11.3. The molecule has 0 bridgehead atoms. The highest BCUT2D eigenvalue weighted by Crippen LogP contribution is 2.19. The molecule has 0 aliphatic carbocycles. The van der Waals surface area contributed by atoms with E-state index in [2.05, 4.69) is 35.9 Å². The van der Waals surface area contributed by atoms with Crippen LogP contribution in [0.4, 0.5) is 0 Å². The first-order chi connectivity index (χ1) is 8.71. The van der Waals surface area contributed by atoms with E-state index in [0.717, 1.165) is 24.0 Å². The Labute approximate surface area is 110 Å². The molecule has 0 atom stereocenters. The lowest BCUT2D eigenvalue weighted by Crippen LogP contribution is -1.97. The normalized spacial score (nSPS) is 11.4. The Morgan fingerprint density at radius 2 is 1.89 bits per heavy atom. The van der Waals surface area contributed by atoms with Crippen LogP contribution >= 0.6 is 0 Å². The first-order valence-electron chi connectivity index (χ1n) is 6.59. The largest absolute Gasteiger partial charge is 0.466 e. The third-order valence-corrected chi connectivity index (χ3v) is 3.02. The monoisotopic (exact) mass is 246 g/mol. The summed E-state index contributed by atoms with van der Waals surface area (Å²) in [4.78, 5) is 11.3. The van der Waals surface area contributed by atoms with E-state index in [0.29, 0.717) is 0 Å². The molecule has 1 aromatic rings. The number of aryl methyl sites for hydroxylation is 1. The Morgan fingerprint density at radius 3 is 2.39 bits per heavy atom. The van der Waals surface area contributed by atoms with Crippen LogP contribution in [0.1, 0.15) is 44.2 Å². The molecule has 0 unspecified atom stereocenters. The summed E-state index contributed by atoms with van der Waals surface area (Å²) in [5.74, 6) is -0.290. The van der Waals surface area contributed by atoms with Crippen molar-refractivity contribution in [3.05, 3.63) is 41.5 Å². The quantitative estimate of drug-likeness (QED) is 0.560. The van der Waals surface area contributed by atoms with Crippen LogP contribution in [-0.2, 0) is 16.0 Å². The minimum atomic E-state index is -0.290.